The molecular formula is C20H27N3O. The number of aromatic nitrogens is 1. The molecule has 1 aliphatic carbocycles. The molecule has 0 saturated carbocycles. The summed E-state index contributed by atoms with van der Waals surface area (Å²) in [6.07, 6.45) is 6.09. The quantitative estimate of drug-likeness (QED) is 0.830. The molecule has 0 amide bonds. The molecule has 0 bridgehead atoms. The minimum absolute atomic E-state index is 0.0240. The van der Waals surface area contributed by atoms with Gasteiger partial charge >= 0.3 is 0 Å². The van der Waals surface area contributed by atoms with E-state index in [0.717, 1.165) is 36.9 Å². The highest BCUT2D eigenvalue weighted by molar-refractivity contribution is 5.47. The number of nitrogens with one attached hydrogen (secondary N) is 1. The molecule has 2 atom stereocenters. The predicted octanol–water partition coefficient (Wildman–Crippen LogP) is 2.72. The van der Waals surface area contributed by atoms with Crippen LogP contribution in [0.15, 0.2) is 42.6 Å². The topological polar surface area (TPSA) is 48.4 Å². The molecule has 0 radical (unpaired) electrons. The second-order valence-electron chi connectivity index (χ2n) is 6.77. The van der Waals surface area contributed by atoms with Crippen molar-refractivity contribution in [2.75, 3.05) is 25.6 Å². The molecule has 2 N–H and O–H groups in total. The minimum Gasteiger partial charge on any atom is -0.394 e. The Balaban J connectivity index is 1.69. The smallest absolute Gasteiger partial charge is 0.0626 e. The fraction of sp³-hybridized carbons (Fsp3) is 0.450. The van der Waals surface area contributed by atoms with Gasteiger partial charge in [-0.05, 0) is 55.0 Å². The number of aliphatic hydroxyl groups excluding tert-OH is 1. The first-order valence-corrected chi connectivity index (χ1v) is 8.74. The van der Waals surface area contributed by atoms with Gasteiger partial charge in [-0.3, -0.25) is 4.98 Å². The van der Waals surface area contributed by atoms with Crippen LogP contribution in [0.5, 0.6) is 0 Å². The van der Waals surface area contributed by atoms with E-state index >= 15 is 0 Å². The van der Waals surface area contributed by atoms with E-state index in [1.54, 1.807) is 0 Å². The number of aryl methyl sites for hydroxylation is 2. The van der Waals surface area contributed by atoms with E-state index in [0.29, 0.717) is 6.04 Å². The van der Waals surface area contributed by atoms with Crippen molar-refractivity contribution in [1.82, 2.24) is 10.3 Å². The Hall–Kier alpha value is -1.91. The molecule has 3 rings (SSSR count). The standard InChI is InChI=1S/C20H27N3O/c1-23(2)18-7-3-5-16(13-18)20(14-24)22-17-9-8-15-6-4-12-21-19(15)11-10-17/h3-7,12-13,17,20,22,24H,8-11,14H2,1-2H3/t17?,20-/m0/s1. The molecule has 128 valence electrons. The van der Waals surface area contributed by atoms with E-state index < -0.39 is 0 Å². The number of fused-ring (bicyclic) bond motifs is 1. The van der Waals surface area contributed by atoms with Gasteiger partial charge in [0, 0.05) is 37.7 Å². The molecule has 0 saturated heterocycles. The van der Waals surface area contributed by atoms with Gasteiger partial charge in [-0.2, -0.15) is 0 Å². The van der Waals surface area contributed by atoms with Crippen molar-refractivity contribution >= 4 is 5.69 Å². The Morgan fingerprint density at radius 2 is 2.04 bits per heavy atom. The lowest BCUT2D eigenvalue weighted by molar-refractivity contribution is 0.228. The van der Waals surface area contributed by atoms with E-state index in [4.69, 9.17) is 0 Å². The summed E-state index contributed by atoms with van der Waals surface area (Å²) in [6, 6.07) is 13.0. The summed E-state index contributed by atoms with van der Waals surface area (Å²) in [5.74, 6) is 0. The number of aliphatic hydroxyl groups is 1. The Kier molecular flexibility index (Phi) is 5.48. The summed E-state index contributed by atoms with van der Waals surface area (Å²) in [4.78, 5) is 6.61. The van der Waals surface area contributed by atoms with Crippen molar-refractivity contribution in [2.45, 2.75) is 37.8 Å². The molecule has 24 heavy (non-hydrogen) atoms. The van der Waals surface area contributed by atoms with Crippen LogP contribution in [-0.4, -0.2) is 36.8 Å². The minimum atomic E-state index is -0.0240. The SMILES string of the molecule is CN(C)c1cccc([C@H](CO)NC2CCc3cccnc3CC2)c1. The third-order valence-corrected chi connectivity index (χ3v) is 4.88. The third kappa shape index (κ3) is 3.94. The van der Waals surface area contributed by atoms with Gasteiger partial charge in [-0.1, -0.05) is 18.2 Å². The van der Waals surface area contributed by atoms with E-state index in [9.17, 15) is 5.11 Å². The Morgan fingerprint density at radius 3 is 2.83 bits per heavy atom. The Bertz CT molecular complexity index is 644. The van der Waals surface area contributed by atoms with Crippen LogP contribution in [0.1, 0.15) is 35.7 Å². The van der Waals surface area contributed by atoms with Crippen LogP contribution < -0.4 is 10.2 Å². The number of benzene rings is 1. The number of hydrogen-bond acceptors (Lipinski definition) is 4. The molecule has 1 aliphatic rings. The first-order valence-electron chi connectivity index (χ1n) is 8.74. The van der Waals surface area contributed by atoms with Crippen LogP contribution in [0.3, 0.4) is 0 Å². The molecule has 4 heteroatoms. The van der Waals surface area contributed by atoms with Crippen LogP contribution in [0, 0.1) is 0 Å². The van der Waals surface area contributed by atoms with E-state index in [1.165, 1.54) is 11.3 Å². The zero-order chi connectivity index (χ0) is 16.9. The van der Waals surface area contributed by atoms with Gasteiger partial charge in [0.2, 0.25) is 0 Å². The van der Waals surface area contributed by atoms with Gasteiger partial charge in [0.05, 0.1) is 12.6 Å². The molecule has 4 nitrogen and oxygen atoms in total. The van der Waals surface area contributed by atoms with Crippen molar-refractivity contribution in [3.8, 4) is 0 Å². The summed E-state index contributed by atoms with van der Waals surface area (Å²) >= 11 is 0. The molecule has 1 heterocycles. The van der Waals surface area contributed by atoms with Crippen LogP contribution in [0.2, 0.25) is 0 Å². The number of hydrogen-bond donors (Lipinski definition) is 2. The van der Waals surface area contributed by atoms with Gasteiger partial charge < -0.3 is 15.3 Å². The van der Waals surface area contributed by atoms with E-state index in [-0.39, 0.29) is 12.6 Å². The number of pyridine rings is 1. The molecule has 1 aromatic heterocycles. The lowest BCUT2D eigenvalue weighted by Gasteiger charge is -2.25. The fourth-order valence-electron chi connectivity index (χ4n) is 3.43. The van der Waals surface area contributed by atoms with Crippen LogP contribution >= 0.6 is 0 Å². The van der Waals surface area contributed by atoms with Crippen molar-refractivity contribution in [1.29, 1.82) is 0 Å². The molecule has 2 aromatic rings. The lowest BCUT2D eigenvalue weighted by Crippen LogP contribution is -2.35. The summed E-state index contributed by atoms with van der Waals surface area (Å²) in [5.41, 5.74) is 4.91. The highest BCUT2D eigenvalue weighted by Crippen LogP contribution is 2.23. The second kappa shape index (κ2) is 7.77. The predicted molar refractivity (Wildman–Crippen MR) is 98.4 cm³/mol. The zero-order valence-electron chi connectivity index (χ0n) is 14.6. The van der Waals surface area contributed by atoms with Crippen molar-refractivity contribution in [3.05, 3.63) is 59.4 Å². The maximum absolute atomic E-state index is 9.90. The first-order chi connectivity index (χ1) is 11.7. The largest absolute Gasteiger partial charge is 0.394 e. The fourth-order valence-corrected chi connectivity index (χ4v) is 3.43. The van der Waals surface area contributed by atoms with Crippen LogP contribution in [0.25, 0.3) is 0 Å². The molecule has 0 aliphatic heterocycles. The van der Waals surface area contributed by atoms with Gasteiger partial charge in [0.1, 0.15) is 0 Å². The molecular weight excluding hydrogens is 298 g/mol. The van der Waals surface area contributed by atoms with Gasteiger partial charge in [-0.25, -0.2) is 0 Å². The monoisotopic (exact) mass is 325 g/mol. The zero-order valence-corrected chi connectivity index (χ0v) is 14.6. The first kappa shape index (κ1) is 16.9. The molecule has 1 unspecified atom stereocenters. The average Bonchev–Trinajstić information content (AvgIpc) is 2.82. The summed E-state index contributed by atoms with van der Waals surface area (Å²) in [6.45, 7) is 0.110. The number of anilines is 1. The van der Waals surface area contributed by atoms with Gasteiger partial charge in [0.25, 0.3) is 0 Å². The van der Waals surface area contributed by atoms with Crippen LogP contribution in [-0.2, 0) is 12.8 Å². The summed E-state index contributed by atoms with van der Waals surface area (Å²) in [7, 11) is 4.08. The molecule has 1 aromatic carbocycles. The maximum atomic E-state index is 9.90. The third-order valence-electron chi connectivity index (χ3n) is 4.88. The van der Waals surface area contributed by atoms with Gasteiger partial charge in [-0.15, -0.1) is 0 Å². The van der Waals surface area contributed by atoms with E-state index in [1.807, 2.05) is 26.4 Å². The normalized spacial score (nSPS) is 18.5. The lowest BCUT2D eigenvalue weighted by atomic mass is 10.0. The average molecular weight is 325 g/mol. The van der Waals surface area contributed by atoms with Crippen LogP contribution in [0.4, 0.5) is 5.69 Å². The van der Waals surface area contributed by atoms with Gasteiger partial charge in [0.15, 0.2) is 0 Å². The molecule has 0 spiro atoms. The van der Waals surface area contributed by atoms with E-state index in [2.05, 4.69) is 45.5 Å². The summed E-state index contributed by atoms with van der Waals surface area (Å²) < 4.78 is 0. The number of rotatable bonds is 5. The van der Waals surface area contributed by atoms with Crippen molar-refractivity contribution < 1.29 is 5.11 Å². The Labute approximate surface area is 144 Å². The maximum Gasteiger partial charge on any atom is 0.0626 e. The van der Waals surface area contributed by atoms with Crippen molar-refractivity contribution in [2.24, 2.45) is 0 Å². The Morgan fingerprint density at radius 1 is 1.21 bits per heavy atom. The molecule has 0 fully saturated rings. The number of nitrogens with zero attached hydrogens (tertiary/aromatic N) is 2. The highest BCUT2D eigenvalue weighted by atomic mass is 16.3. The highest BCUT2D eigenvalue weighted by Gasteiger charge is 2.20. The summed E-state index contributed by atoms with van der Waals surface area (Å²) in [5, 5.41) is 13.6. The van der Waals surface area contributed by atoms with Crippen molar-refractivity contribution in [3.63, 3.8) is 0 Å². The second-order valence-corrected chi connectivity index (χ2v) is 6.77.